The molecule has 6 fully saturated rings. The Morgan fingerprint density at radius 2 is 1.54 bits per heavy atom. The van der Waals surface area contributed by atoms with Gasteiger partial charge in [-0.3, -0.25) is 0 Å². The van der Waals surface area contributed by atoms with E-state index >= 15 is 0 Å². The average molecular weight is 898 g/mol. The number of hydrogen-bond acceptors (Lipinski definition) is 6. The van der Waals surface area contributed by atoms with E-state index < -0.39 is 35.4 Å². The van der Waals surface area contributed by atoms with Gasteiger partial charge in [-0.1, -0.05) is 0 Å². The van der Waals surface area contributed by atoms with Crippen LogP contribution in [-0.2, 0) is 25.4 Å². The Hall–Kier alpha value is -0.221. The summed E-state index contributed by atoms with van der Waals surface area (Å²) in [5, 5.41) is 26.5. The van der Waals surface area contributed by atoms with E-state index in [1.165, 1.54) is 58.3 Å². The molecule has 5 aliphatic carbocycles. The number of fused-ring (bicyclic) bond motifs is 4. The molecule has 6 nitrogen and oxygen atoms in total. The van der Waals surface area contributed by atoms with Gasteiger partial charge in [0.25, 0.3) is 0 Å². The van der Waals surface area contributed by atoms with Crippen LogP contribution in [0.5, 0.6) is 0 Å². The maximum absolute atomic E-state index is 13.5. The van der Waals surface area contributed by atoms with Crippen molar-refractivity contribution in [3.05, 3.63) is 29.3 Å². The molecule has 4 saturated carbocycles. The van der Waals surface area contributed by atoms with Crippen molar-refractivity contribution in [2.24, 2.45) is 34.0 Å². The van der Waals surface area contributed by atoms with Gasteiger partial charge in [-0.05, 0) is 19.3 Å². The predicted octanol–water partition coefficient (Wildman–Crippen LogP) is 11.0. The Morgan fingerprint density at radius 3 is 2.21 bits per heavy atom. The van der Waals surface area contributed by atoms with Gasteiger partial charge in [0.15, 0.2) is 6.29 Å². The molecule has 1 aromatic rings. The Bertz CT molecular complexity index is 1510. The molecule has 7 heteroatoms. The third kappa shape index (κ3) is 7.70. The summed E-state index contributed by atoms with van der Waals surface area (Å²) in [7, 11) is 0. The zero-order chi connectivity index (χ0) is 40.2. The molecule has 9 atom stereocenters. The zero-order valence-electron chi connectivity index (χ0n) is 37.2. The summed E-state index contributed by atoms with van der Waals surface area (Å²) in [4.78, 5) is 0. The van der Waals surface area contributed by atoms with Crippen LogP contribution in [0.3, 0.4) is 0 Å². The van der Waals surface area contributed by atoms with E-state index in [0.717, 1.165) is 83.7 Å². The van der Waals surface area contributed by atoms with Crippen molar-refractivity contribution in [3.8, 4) is 0 Å². The molecule has 2 aliphatic heterocycles. The van der Waals surface area contributed by atoms with Crippen LogP contribution in [0.15, 0.2) is 18.2 Å². The van der Waals surface area contributed by atoms with E-state index in [4.69, 9.17) is 18.9 Å². The van der Waals surface area contributed by atoms with E-state index in [2.05, 4.69) is 59.7 Å². The fourth-order valence-electron chi connectivity index (χ4n) is 14.9. The quantitative estimate of drug-likeness (QED) is 0.135. The number of hydrogen-bond donors (Lipinski definition) is 2. The van der Waals surface area contributed by atoms with E-state index in [9.17, 15) is 10.2 Å². The fourth-order valence-corrected chi connectivity index (χ4v) is 30.9. The molecular formula is C50H82O6Sn. The summed E-state index contributed by atoms with van der Waals surface area (Å²) in [5.74, 6) is 1.10. The molecule has 0 radical (unpaired) electrons. The Morgan fingerprint density at radius 1 is 0.825 bits per heavy atom. The van der Waals surface area contributed by atoms with Crippen LogP contribution >= 0.6 is 0 Å². The van der Waals surface area contributed by atoms with Gasteiger partial charge in [-0.2, -0.15) is 0 Å². The van der Waals surface area contributed by atoms with Crippen molar-refractivity contribution >= 4 is 22.0 Å². The van der Waals surface area contributed by atoms with Crippen LogP contribution in [0.1, 0.15) is 181 Å². The first-order valence-corrected chi connectivity index (χ1v) is 31.9. The first-order valence-electron chi connectivity index (χ1n) is 24.4. The SMILES string of the molecule is CCC[CH2][Sn]([CH2]CCC)([CH2]CCC)[c]1ccc2c(c1)C[C@]13CCC4(C[C@]1(O)CC[C@@H]1C3C2C[C@@]2(C)[C@@H]1CC[C@]2(O)CCCOC1CCCCO1)OCC(C)(C)CO4. The van der Waals surface area contributed by atoms with Gasteiger partial charge >= 0.3 is 316 Å². The summed E-state index contributed by atoms with van der Waals surface area (Å²) in [6, 6.07) is 8.08. The molecule has 3 unspecified atom stereocenters. The first kappa shape index (κ1) is 43.4. The summed E-state index contributed by atoms with van der Waals surface area (Å²) in [6.45, 7) is 17.0. The second-order valence-electron chi connectivity index (χ2n) is 22.1. The van der Waals surface area contributed by atoms with Crippen molar-refractivity contribution in [2.45, 2.75) is 212 Å². The van der Waals surface area contributed by atoms with Crippen LogP contribution in [0, 0.1) is 34.0 Å². The molecule has 1 aromatic carbocycles. The molecule has 0 bridgehead atoms. The van der Waals surface area contributed by atoms with Gasteiger partial charge in [0.2, 0.25) is 0 Å². The van der Waals surface area contributed by atoms with Crippen LogP contribution in [0.4, 0.5) is 0 Å². The van der Waals surface area contributed by atoms with Gasteiger partial charge in [0.1, 0.15) is 0 Å². The normalized spacial score (nSPS) is 39.3. The van der Waals surface area contributed by atoms with E-state index in [-0.39, 0.29) is 22.5 Å². The van der Waals surface area contributed by atoms with E-state index in [1.54, 1.807) is 14.7 Å². The molecule has 2 spiro atoms. The molecule has 8 rings (SSSR count). The van der Waals surface area contributed by atoms with Crippen molar-refractivity contribution < 1.29 is 29.2 Å². The van der Waals surface area contributed by atoms with Gasteiger partial charge < -0.3 is 4.74 Å². The van der Waals surface area contributed by atoms with Crippen molar-refractivity contribution in [2.75, 3.05) is 26.4 Å². The van der Waals surface area contributed by atoms with Crippen molar-refractivity contribution in [3.63, 3.8) is 0 Å². The third-order valence-electron chi connectivity index (χ3n) is 18.1. The third-order valence-corrected chi connectivity index (χ3v) is 33.7. The Kier molecular flexibility index (Phi) is 12.8. The van der Waals surface area contributed by atoms with Gasteiger partial charge in [-0.15, -0.1) is 0 Å². The maximum atomic E-state index is 13.5. The molecule has 0 aromatic heterocycles. The zero-order valence-corrected chi connectivity index (χ0v) is 40.1. The standard InChI is InChI=1S/C38H55O6.3C4H9.Sn/c1-33(2)24-43-38(44-25-33)18-17-35-21-26-9-4-5-10-27(26)29-22-34(3)30(28(32(29)35)12-15-37(35,40)23-38)13-16-36(34,39)14-8-20-42-31-11-6-7-19-41-31;3*1-3-4-2;/h5,9-10,28-32,39-40H,6-8,11-25H2,1-3H3;3*1,3-4H2,2H3;/t28-,29?,30+,31?,32?,34-,35-,36+,37+;;;;/m0..../s1. The molecule has 2 heterocycles. The monoisotopic (exact) mass is 899 g/mol. The van der Waals surface area contributed by atoms with Crippen LogP contribution in [0.2, 0.25) is 13.3 Å². The minimum absolute atomic E-state index is 0.000508. The predicted molar refractivity (Wildman–Crippen MR) is 232 cm³/mol. The minimum atomic E-state index is -2.73. The van der Waals surface area contributed by atoms with Crippen molar-refractivity contribution in [1.29, 1.82) is 0 Å². The molecule has 2 saturated heterocycles. The first-order chi connectivity index (χ1) is 27.3. The van der Waals surface area contributed by atoms with Crippen LogP contribution in [0.25, 0.3) is 0 Å². The van der Waals surface area contributed by atoms with Crippen LogP contribution < -0.4 is 3.58 Å². The number of rotatable bonds is 15. The summed E-state index contributed by atoms with van der Waals surface area (Å²) >= 11 is -2.73. The second-order valence-corrected chi connectivity index (χ2v) is 35.3. The fraction of sp³-hybridized carbons (Fsp3) is 0.880. The number of ether oxygens (including phenoxy) is 4. The van der Waals surface area contributed by atoms with Crippen LogP contribution in [-0.4, -0.2) is 78.3 Å². The second kappa shape index (κ2) is 16.8. The molecule has 57 heavy (non-hydrogen) atoms. The van der Waals surface area contributed by atoms with E-state index in [1.807, 2.05) is 0 Å². The van der Waals surface area contributed by atoms with Gasteiger partial charge in [0, 0.05) is 6.61 Å². The number of aliphatic hydroxyl groups is 2. The molecule has 322 valence electrons. The Balaban J connectivity index is 1.16. The topological polar surface area (TPSA) is 77.4 Å². The van der Waals surface area contributed by atoms with Crippen molar-refractivity contribution in [1.82, 2.24) is 0 Å². The average Bonchev–Trinajstić information content (AvgIpc) is 3.47. The molecular weight excluding hydrogens is 815 g/mol. The van der Waals surface area contributed by atoms with E-state index in [0.29, 0.717) is 49.9 Å². The number of unbranched alkanes of at least 4 members (excludes halogenated alkanes) is 3. The summed E-state index contributed by atoms with van der Waals surface area (Å²) < 4.78 is 31.8. The summed E-state index contributed by atoms with van der Waals surface area (Å²) in [6.07, 6.45) is 21.2. The number of benzene rings is 1. The summed E-state index contributed by atoms with van der Waals surface area (Å²) in [5.41, 5.74) is 1.26. The van der Waals surface area contributed by atoms with Gasteiger partial charge in [0.05, 0.1) is 0 Å². The molecule has 0 amide bonds. The molecule has 7 aliphatic rings. The molecule has 2 N–H and O–H groups in total. The Labute approximate surface area is 351 Å². The van der Waals surface area contributed by atoms with Gasteiger partial charge in [-0.25, -0.2) is 0 Å².